The molecule has 1 aliphatic carbocycles. The molecule has 1 aliphatic rings. The quantitative estimate of drug-likeness (QED) is 0.524. The molecule has 8 heteroatoms. The van der Waals surface area contributed by atoms with Crippen molar-refractivity contribution in [2.75, 3.05) is 12.9 Å². The summed E-state index contributed by atoms with van der Waals surface area (Å²) in [4.78, 5) is 35.7. The summed E-state index contributed by atoms with van der Waals surface area (Å²) in [6.07, 6.45) is 4.82. The van der Waals surface area contributed by atoms with Crippen molar-refractivity contribution in [3.8, 4) is 5.75 Å². The number of hydrogen-bond acceptors (Lipinski definition) is 7. The van der Waals surface area contributed by atoms with Crippen LogP contribution in [-0.2, 0) is 17.6 Å². The smallest absolute Gasteiger partial charge is 0.261 e. The van der Waals surface area contributed by atoms with Gasteiger partial charge in [0.2, 0.25) is 5.91 Å². The van der Waals surface area contributed by atoms with Crippen LogP contribution in [0.3, 0.4) is 0 Å². The van der Waals surface area contributed by atoms with Crippen molar-refractivity contribution in [2.45, 2.75) is 24.3 Å². The Morgan fingerprint density at radius 3 is 2.96 bits per heavy atom. The monoisotopic (exact) mass is 399 g/mol. The maximum atomic E-state index is 12.3. The first kappa shape index (κ1) is 17.9. The lowest BCUT2D eigenvalue weighted by Gasteiger charge is -2.08. The second kappa shape index (κ2) is 7.66. The molecular weight excluding hydrogens is 382 g/mol. The van der Waals surface area contributed by atoms with Crippen LogP contribution in [0.25, 0.3) is 10.2 Å². The molecule has 27 heavy (non-hydrogen) atoms. The van der Waals surface area contributed by atoms with Crippen LogP contribution in [0.2, 0.25) is 0 Å². The Bertz CT molecular complexity index is 1030. The van der Waals surface area contributed by atoms with Crippen LogP contribution < -0.4 is 10.1 Å². The molecule has 0 spiro atoms. The average molecular weight is 399 g/mol. The van der Waals surface area contributed by atoms with Crippen molar-refractivity contribution < 1.29 is 14.3 Å². The number of carbonyl (C=O) groups is 2. The Kier molecular flexibility index (Phi) is 5.09. The third-order valence-electron chi connectivity index (χ3n) is 4.41. The molecule has 0 saturated carbocycles. The fourth-order valence-corrected chi connectivity index (χ4v) is 5.32. The van der Waals surface area contributed by atoms with E-state index in [0.29, 0.717) is 11.3 Å². The summed E-state index contributed by atoms with van der Waals surface area (Å²) in [7, 11) is 1.49. The highest BCUT2D eigenvalue weighted by Gasteiger charge is 2.22. The molecule has 2 heterocycles. The van der Waals surface area contributed by atoms with Gasteiger partial charge < -0.3 is 4.74 Å². The number of fused-ring (bicyclic) bond motifs is 3. The number of methoxy groups -OCH3 is 1. The van der Waals surface area contributed by atoms with Gasteiger partial charge in [-0.3, -0.25) is 14.9 Å². The van der Waals surface area contributed by atoms with Gasteiger partial charge in [0.25, 0.3) is 5.91 Å². The zero-order chi connectivity index (χ0) is 18.8. The summed E-state index contributed by atoms with van der Waals surface area (Å²) in [5.74, 6) is -0.295. The first-order chi connectivity index (χ1) is 13.2. The van der Waals surface area contributed by atoms with Crippen LogP contribution in [-0.4, -0.2) is 34.6 Å². The van der Waals surface area contributed by atoms with Crippen molar-refractivity contribution in [3.05, 3.63) is 46.6 Å². The second-order valence-electron chi connectivity index (χ2n) is 6.08. The molecule has 0 saturated heterocycles. The Morgan fingerprint density at radius 1 is 1.26 bits per heavy atom. The van der Waals surface area contributed by atoms with E-state index in [2.05, 4.69) is 15.3 Å². The number of ether oxygens (including phenoxy) is 1. The number of nitrogens with one attached hydrogen (secondary N) is 1. The minimum absolute atomic E-state index is 0.109. The van der Waals surface area contributed by atoms with Gasteiger partial charge in [-0.1, -0.05) is 23.9 Å². The van der Waals surface area contributed by atoms with Crippen LogP contribution >= 0.6 is 23.1 Å². The number of nitrogens with zero attached hydrogens (tertiary/aromatic N) is 2. The Hall–Kier alpha value is -2.45. The van der Waals surface area contributed by atoms with E-state index < -0.39 is 5.91 Å². The van der Waals surface area contributed by atoms with E-state index in [1.165, 1.54) is 35.6 Å². The number of benzene rings is 1. The fraction of sp³-hybridized carbons (Fsp3) is 0.263. The molecule has 4 rings (SSSR count). The number of para-hydroxylation sites is 1. The number of hydrogen-bond donors (Lipinski definition) is 1. The fourth-order valence-electron chi connectivity index (χ4n) is 3.21. The number of amides is 2. The molecule has 2 amide bonds. The number of aryl methyl sites for hydroxylation is 2. The molecule has 138 valence electrons. The molecule has 0 atom stereocenters. The topological polar surface area (TPSA) is 81.2 Å². The average Bonchev–Trinajstić information content (AvgIpc) is 3.27. The predicted molar refractivity (Wildman–Crippen MR) is 106 cm³/mol. The van der Waals surface area contributed by atoms with Crippen molar-refractivity contribution >= 4 is 45.1 Å². The minimum atomic E-state index is -0.470. The van der Waals surface area contributed by atoms with Crippen molar-refractivity contribution in [3.63, 3.8) is 0 Å². The van der Waals surface area contributed by atoms with E-state index in [9.17, 15) is 9.59 Å². The highest BCUT2D eigenvalue weighted by Crippen LogP contribution is 2.39. The lowest BCUT2D eigenvalue weighted by atomic mass is 10.2. The van der Waals surface area contributed by atoms with E-state index in [-0.39, 0.29) is 11.7 Å². The van der Waals surface area contributed by atoms with Crippen LogP contribution in [0, 0.1) is 0 Å². The molecule has 0 radical (unpaired) electrons. The zero-order valence-electron chi connectivity index (χ0n) is 14.7. The number of thiophene rings is 1. The van der Waals surface area contributed by atoms with Crippen LogP contribution in [0.4, 0.5) is 0 Å². The van der Waals surface area contributed by atoms with Gasteiger partial charge in [-0.15, -0.1) is 11.3 Å². The Balaban J connectivity index is 1.46. The lowest BCUT2D eigenvalue weighted by molar-refractivity contribution is -0.117. The summed E-state index contributed by atoms with van der Waals surface area (Å²) < 4.78 is 5.17. The molecule has 6 nitrogen and oxygen atoms in total. The maximum Gasteiger partial charge on any atom is 0.261 e. The standard InChI is InChI=1S/C19H17N3O3S2/c1-25-13-7-3-2-5-11(13)17(24)22-15(23)9-26-18-16-12-6-4-8-14(12)27-19(16)21-10-20-18/h2-3,5,7,10H,4,6,8-9H2,1H3,(H,22,23,24). The van der Waals surface area contributed by atoms with Gasteiger partial charge in [0.15, 0.2) is 0 Å². The van der Waals surface area contributed by atoms with Gasteiger partial charge in [0.1, 0.15) is 21.9 Å². The highest BCUT2D eigenvalue weighted by molar-refractivity contribution is 8.00. The number of imide groups is 1. The lowest BCUT2D eigenvalue weighted by Crippen LogP contribution is -2.32. The molecule has 0 aliphatic heterocycles. The first-order valence-electron chi connectivity index (χ1n) is 8.52. The molecule has 1 N–H and O–H groups in total. The highest BCUT2D eigenvalue weighted by atomic mass is 32.2. The van der Waals surface area contributed by atoms with Crippen LogP contribution in [0.15, 0.2) is 35.6 Å². The number of carbonyl (C=O) groups excluding carboxylic acids is 2. The SMILES string of the molecule is COc1ccccc1C(=O)NC(=O)CSc1ncnc2sc3c(c12)CCC3. The van der Waals surface area contributed by atoms with Gasteiger partial charge in [-0.2, -0.15) is 0 Å². The van der Waals surface area contributed by atoms with Gasteiger partial charge in [0.05, 0.1) is 18.4 Å². The maximum absolute atomic E-state index is 12.3. The first-order valence-corrected chi connectivity index (χ1v) is 10.3. The molecule has 0 fully saturated rings. The summed E-state index contributed by atoms with van der Waals surface area (Å²) in [5, 5.41) is 4.29. The molecule has 2 aromatic heterocycles. The summed E-state index contributed by atoms with van der Waals surface area (Å²) in [6, 6.07) is 6.80. The van der Waals surface area contributed by atoms with Crippen LogP contribution in [0.5, 0.6) is 5.75 Å². The summed E-state index contributed by atoms with van der Waals surface area (Å²) in [5.41, 5.74) is 1.65. The number of aromatic nitrogens is 2. The molecular formula is C19H17N3O3S2. The van der Waals surface area contributed by atoms with Crippen LogP contribution in [0.1, 0.15) is 27.2 Å². The van der Waals surface area contributed by atoms with E-state index >= 15 is 0 Å². The zero-order valence-corrected chi connectivity index (χ0v) is 16.3. The second-order valence-corrected chi connectivity index (χ2v) is 8.13. The van der Waals surface area contributed by atoms with Gasteiger partial charge in [-0.25, -0.2) is 9.97 Å². The third kappa shape index (κ3) is 3.54. The minimum Gasteiger partial charge on any atom is -0.496 e. The number of rotatable bonds is 5. The molecule has 0 bridgehead atoms. The molecule has 0 unspecified atom stereocenters. The predicted octanol–water partition coefficient (Wildman–Crippen LogP) is 3.24. The van der Waals surface area contributed by atoms with E-state index in [0.717, 1.165) is 34.5 Å². The largest absolute Gasteiger partial charge is 0.496 e. The summed E-state index contributed by atoms with van der Waals surface area (Å²) >= 11 is 3.05. The van der Waals surface area contributed by atoms with Gasteiger partial charge in [-0.05, 0) is 37.0 Å². The summed E-state index contributed by atoms with van der Waals surface area (Å²) in [6.45, 7) is 0. The number of thioether (sulfide) groups is 1. The molecule has 3 aromatic rings. The third-order valence-corrected chi connectivity index (χ3v) is 6.60. The van der Waals surface area contributed by atoms with Gasteiger partial charge >= 0.3 is 0 Å². The molecule has 1 aromatic carbocycles. The van der Waals surface area contributed by atoms with Gasteiger partial charge in [0, 0.05) is 10.3 Å². The Morgan fingerprint density at radius 2 is 2.11 bits per heavy atom. The van der Waals surface area contributed by atoms with Crippen molar-refractivity contribution in [1.82, 2.24) is 15.3 Å². The normalized spacial score (nSPS) is 12.8. The van der Waals surface area contributed by atoms with Crippen molar-refractivity contribution in [1.29, 1.82) is 0 Å². The van der Waals surface area contributed by atoms with E-state index in [1.54, 1.807) is 35.6 Å². The van der Waals surface area contributed by atoms with E-state index in [4.69, 9.17) is 4.74 Å². The van der Waals surface area contributed by atoms with Crippen molar-refractivity contribution in [2.24, 2.45) is 0 Å². The van der Waals surface area contributed by atoms with E-state index in [1.807, 2.05) is 0 Å². The Labute approximate surface area is 164 Å².